The van der Waals surface area contributed by atoms with Gasteiger partial charge in [-0.2, -0.15) is 5.26 Å². The molecule has 1 fully saturated rings. The second kappa shape index (κ2) is 16.9. The highest BCUT2D eigenvalue weighted by molar-refractivity contribution is 6.31. The van der Waals surface area contributed by atoms with E-state index in [2.05, 4.69) is 16.7 Å². The van der Waals surface area contributed by atoms with Gasteiger partial charge < -0.3 is 34.3 Å². The summed E-state index contributed by atoms with van der Waals surface area (Å²) in [7, 11) is 2.74. The van der Waals surface area contributed by atoms with Gasteiger partial charge in [0.05, 0.1) is 42.1 Å². The molecule has 0 saturated carbocycles. The van der Waals surface area contributed by atoms with Gasteiger partial charge in [-0.3, -0.25) is 4.79 Å². The Morgan fingerprint density at radius 1 is 1.04 bits per heavy atom. The first-order chi connectivity index (χ1) is 24.6. The van der Waals surface area contributed by atoms with E-state index >= 15 is 8.78 Å². The number of halogens is 4. The molecule has 0 spiro atoms. The van der Waals surface area contributed by atoms with Crippen molar-refractivity contribution in [2.24, 2.45) is 5.41 Å². The Morgan fingerprint density at radius 2 is 1.77 bits per heavy atom. The molecule has 52 heavy (non-hydrogen) atoms. The van der Waals surface area contributed by atoms with Gasteiger partial charge in [0, 0.05) is 36.6 Å². The molecule has 278 valence electrons. The van der Waals surface area contributed by atoms with Gasteiger partial charge >= 0.3 is 12.1 Å². The van der Waals surface area contributed by atoms with Crippen molar-refractivity contribution in [2.45, 2.75) is 63.8 Å². The number of rotatable bonds is 12. The van der Waals surface area contributed by atoms with E-state index in [1.54, 1.807) is 0 Å². The van der Waals surface area contributed by atoms with E-state index in [0.29, 0.717) is 0 Å². The number of hydrogen-bond acceptors (Lipinski definition) is 10. The van der Waals surface area contributed by atoms with Crippen LogP contribution >= 0.6 is 23.2 Å². The van der Waals surface area contributed by atoms with E-state index < -0.39 is 64.8 Å². The lowest BCUT2D eigenvalue weighted by Crippen LogP contribution is -2.45. The number of carbonyl (C=O) groups excluding carboxylic acids is 3. The van der Waals surface area contributed by atoms with Crippen LogP contribution in [-0.2, 0) is 29.2 Å². The van der Waals surface area contributed by atoms with E-state index in [1.165, 1.54) is 69.7 Å². The van der Waals surface area contributed by atoms with Crippen LogP contribution in [0.15, 0.2) is 54.6 Å². The average Bonchev–Trinajstić information content (AvgIpc) is 3.38. The molecule has 0 aromatic heterocycles. The van der Waals surface area contributed by atoms with Crippen LogP contribution < -0.4 is 15.4 Å². The zero-order valence-electron chi connectivity index (χ0n) is 29.4. The van der Waals surface area contributed by atoms with Crippen LogP contribution in [0, 0.1) is 28.4 Å². The Hall–Kier alpha value is -4.48. The number of ether oxygens (including phenoxy) is 5. The van der Waals surface area contributed by atoms with Crippen LogP contribution in [0.5, 0.6) is 5.75 Å². The molecule has 2 N–H and O–H groups in total. The highest BCUT2D eigenvalue weighted by Gasteiger charge is 2.61. The minimum atomic E-state index is -1.83. The van der Waals surface area contributed by atoms with Crippen LogP contribution in [0.4, 0.5) is 19.3 Å². The monoisotopic (exact) mass is 761 g/mol. The van der Waals surface area contributed by atoms with E-state index in [1.807, 2.05) is 20.8 Å². The first-order valence-electron chi connectivity index (χ1n) is 16.1. The zero-order chi connectivity index (χ0) is 38.4. The summed E-state index contributed by atoms with van der Waals surface area (Å²) >= 11 is 12.3. The Balaban J connectivity index is 1.71. The molecule has 1 saturated heterocycles. The fourth-order valence-electron chi connectivity index (χ4n) is 6.31. The lowest BCUT2D eigenvalue weighted by molar-refractivity contribution is -0.118. The molecule has 0 bridgehead atoms. The van der Waals surface area contributed by atoms with E-state index in [0.717, 1.165) is 6.07 Å². The molecule has 1 heterocycles. The smallest absolute Gasteiger partial charge is 0.495 e. The highest BCUT2D eigenvalue weighted by Crippen LogP contribution is 2.53. The van der Waals surface area contributed by atoms with Crippen molar-refractivity contribution in [2.75, 3.05) is 32.8 Å². The molecule has 3 aromatic rings. The Bertz CT molecular complexity index is 1850. The molecule has 1 unspecified atom stereocenters. The van der Waals surface area contributed by atoms with Crippen molar-refractivity contribution < 1.29 is 46.8 Å². The van der Waals surface area contributed by atoms with Crippen LogP contribution in [0.3, 0.4) is 0 Å². The molecule has 0 radical (unpaired) electrons. The number of benzene rings is 3. The second-order valence-corrected chi connectivity index (χ2v) is 14.1. The molecule has 0 aliphatic carbocycles. The fourth-order valence-corrected chi connectivity index (χ4v) is 6.65. The lowest BCUT2D eigenvalue weighted by atomic mass is 9.62. The number of carbonyl (C=O) groups is 3. The number of methoxy groups -OCH3 is 2. The molecule has 4 rings (SSSR count). The highest BCUT2D eigenvalue weighted by atomic mass is 35.5. The maximum absolute atomic E-state index is 16.0. The Morgan fingerprint density at radius 3 is 2.40 bits per heavy atom. The third-order valence-corrected chi connectivity index (χ3v) is 9.00. The number of amides is 1. The molecule has 1 amide bonds. The average molecular weight is 763 g/mol. The summed E-state index contributed by atoms with van der Waals surface area (Å²) in [6, 6.07) is 12.3. The van der Waals surface area contributed by atoms with Gasteiger partial charge in [-0.1, -0.05) is 62.2 Å². The maximum Gasteiger partial charge on any atom is 0.511 e. The van der Waals surface area contributed by atoms with Crippen molar-refractivity contribution in [1.82, 2.24) is 5.32 Å². The summed E-state index contributed by atoms with van der Waals surface area (Å²) in [6.07, 6.45) is -2.09. The first kappa shape index (κ1) is 40.3. The molecule has 3 aromatic carbocycles. The minimum Gasteiger partial charge on any atom is -0.495 e. The quantitative estimate of drug-likeness (QED) is 0.108. The lowest BCUT2D eigenvalue weighted by Gasteiger charge is -2.37. The standard InChI is InChI=1S/C37H39Cl2F2N3O8/c1-20(52-35(47)50-15-14-48-5)51-34(46)21-10-13-27(28(16-21)49-6)43-33(45)32-30(23-8-7-9-25(39)31(23)41)37(19-42,29(44-32)18-36(2,3)4)24-12-11-22(38)17-26(24)40/h7-13,16-17,20,29-30,32,44H,14-15,18H2,1-6H3,(H,43,45)/t20?,29-,30-,32+,37-/m0/s1. The summed E-state index contributed by atoms with van der Waals surface area (Å²) < 4.78 is 57.0. The molecular weight excluding hydrogens is 723 g/mol. The molecular formula is C37H39Cl2F2N3O8. The summed E-state index contributed by atoms with van der Waals surface area (Å²) in [6.45, 7) is 7.19. The second-order valence-electron chi connectivity index (χ2n) is 13.3. The van der Waals surface area contributed by atoms with Gasteiger partial charge in [-0.15, -0.1) is 0 Å². The van der Waals surface area contributed by atoms with Crippen molar-refractivity contribution >= 4 is 46.9 Å². The fraction of sp³-hybridized carbons (Fsp3) is 0.405. The summed E-state index contributed by atoms with van der Waals surface area (Å²) in [4.78, 5) is 39.0. The van der Waals surface area contributed by atoms with Crippen molar-refractivity contribution in [1.29, 1.82) is 5.26 Å². The van der Waals surface area contributed by atoms with Gasteiger partial charge in [-0.05, 0) is 53.8 Å². The summed E-state index contributed by atoms with van der Waals surface area (Å²) in [5.74, 6) is -4.51. The summed E-state index contributed by atoms with van der Waals surface area (Å²) in [5, 5.41) is 16.9. The van der Waals surface area contributed by atoms with Crippen molar-refractivity contribution in [3.05, 3.63) is 93.0 Å². The van der Waals surface area contributed by atoms with Crippen LogP contribution in [0.25, 0.3) is 0 Å². The van der Waals surface area contributed by atoms with E-state index in [-0.39, 0.29) is 57.8 Å². The van der Waals surface area contributed by atoms with Crippen molar-refractivity contribution in [3.63, 3.8) is 0 Å². The topological polar surface area (TPSA) is 145 Å². The van der Waals surface area contributed by atoms with Gasteiger partial charge in [0.2, 0.25) is 12.2 Å². The summed E-state index contributed by atoms with van der Waals surface area (Å²) in [5.41, 5.74) is -2.31. The Labute approximate surface area is 310 Å². The van der Waals surface area contributed by atoms with Crippen LogP contribution in [0.1, 0.15) is 61.5 Å². The van der Waals surface area contributed by atoms with Gasteiger partial charge in [-0.25, -0.2) is 18.4 Å². The largest absolute Gasteiger partial charge is 0.511 e. The van der Waals surface area contributed by atoms with E-state index in [9.17, 15) is 19.6 Å². The molecule has 15 heteroatoms. The number of anilines is 1. The molecule has 1 aliphatic rings. The minimum absolute atomic E-state index is 0.0112. The molecule has 11 nitrogen and oxygen atoms in total. The van der Waals surface area contributed by atoms with E-state index in [4.69, 9.17) is 46.9 Å². The third kappa shape index (κ3) is 8.93. The first-order valence-corrected chi connectivity index (χ1v) is 16.9. The Kier molecular flexibility index (Phi) is 13.1. The maximum atomic E-state index is 16.0. The predicted molar refractivity (Wildman–Crippen MR) is 188 cm³/mol. The van der Waals surface area contributed by atoms with Crippen LogP contribution in [0.2, 0.25) is 10.0 Å². The normalized spacial score (nSPS) is 20.4. The van der Waals surface area contributed by atoms with Crippen LogP contribution in [-0.4, -0.2) is 63.8 Å². The zero-order valence-corrected chi connectivity index (χ0v) is 30.9. The molecule has 5 atom stereocenters. The number of nitriles is 1. The van der Waals surface area contributed by atoms with Gasteiger partial charge in [0.25, 0.3) is 0 Å². The van der Waals surface area contributed by atoms with Gasteiger partial charge in [0.1, 0.15) is 29.4 Å². The van der Waals surface area contributed by atoms with Gasteiger partial charge in [0.15, 0.2) is 0 Å². The SMILES string of the molecule is COCCOC(=O)OC(C)OC(=O)c1ccc(NC(=O)[C@@H]2N[C@@H](CC(C)(C)C)[C@](C#N)(c3ccc(Cl)cc3F)[C@H]2c2cccc(Cl)c2F)c(OC)c1. The number of nitrogens with one attached hydrogen (secondary N) is 2. The number of nitrogens with zero attached hydrogens (tertiary/aromatic N) is 1. The molecule has 1 aliphatic heterocycles. The third-order valence-electron chi connectivity index (χ3n) is 8.47. The van der Waals surface area contributed by atoms with Crippen molar-refractivity contribution in [3.8, 4) is 11.8 Å². The number of hydrogen-bond donors (Lipinski definition) is 2. The predicted octanol–water partition coefficient (Wildman–Crippen LogP) is 7.54. The number of esters is 1.